The first-order valence-electron chi connectivity index (χ1n) is 6.97. The Morgan fingerprint density at radius 1 is 1.06 bits per heavy atom. The Hall–Kier alpha value is -0.860. The third kappa shape index (κ3) is 3.08. The average Bonchev–Trinajstić information content (AvgIpc) is 2.39. The first kappa shape index (κ1) is 12.6. The van der Waals surface area contributed by atoms with Crippen molar-refractivity contribution in [3.8, 4) is 0 Å². The zero-order valence-corrected chi connectivity index (χ0v) is 10.8. The predicted octanol–water partition coefficient (Wildman–Crippen LogP) is 2.54. The van der Waals surface area contributed by atoms with E-state index in [-0.39, 0.29) is 5.92 Å². The fourth-order valence-electron chi connectivity index (χ4n) is 3.13. The van der Waals surface area contributed by atoms with Gasteiger partial charge in [-0.2, -0.15) is 0 Å². The summed E-state index contributed by atoms with van der Waals surface area (Å²) in [6.07, 6.45) is 8.87. The van der Waals surface area contributed by atoms with Gasteiger partial charge in [0.1, 0.15) is 5.78 Å². The first-order chi connectivity index (χ1) is 8.18. The Morgan fingerprint density at radius 3 is 2.24 bits per heavy atom. The van der Waals surface area contributed by atoms with Gasteiger partial charge in [-0.1, -0.05) is 19.3 Å². The molecule has 96 valence electrons. The van der Waals surface area contributed by atoms with Crippen molar-refractivity contribution in [1.82, 2.24) is 4.90 Å². The number of amides is 1. The fourth-order valence-corrected chi connectivity index (χ4v) is 3.13. The van der Waals surface area contributed by atoms with Crippen LogP contribution in [0.2, 0.25) is 0 Å². The quantitative estimate of drug-likeness (QED) is 0.740. The lowest BCUT2D eigenvalue weighted by atomic mass is 9.87. The van der Waals surface area contributed by atoms with E-state index >= 15 is 0 Å². The molecule has 2 rings (SSSR count). The highest BCUT2D eigenvalue weighted by Crippen LogP contribution is 2.27. The first-order valence-corrected chi connectivity index (χ1v) is 6.97. The zero-order chi connectivity index (χ0) is 12.3. The SMILES string of the molecule is CN(C(=O)C1CCCCC1)C1CCC(=O)CC1. The summed E-state index contributed by atoms with van der Waals surface area (Å²) >= 11 is 0. The highest BCUT2D eigenvalue weighted by atomic mass is 16.2. The number of nitrogens with zero attached hydrogens (tertiary/aromatic N) is 1. The minimum absolute atomic E-state index is 0.256. The second-order valence-corrected chi connectivity index (χ2v) is 5.55. The van der Waals surface area contributed by atoms with Crippen LogP contribution in [-0.4, -0.2) is 29.7 Å². The van der Waals surface area contributed by atoms with Crippen LogP contribution in [0.4, 0.5) is 0 Å². The van der Waals surface area contributed by atoms with E-state index in [9.17, 15) is 9.59 Å². The molecule has 0 atom stereocenters. The number of ketones is 1. The van der Waals surface area contributed by atoms with Gasteiger partial charge in [-0.25, -0.2) is 0 Å². The Labute approximate surface area is 104 Å². The summed E-state index contributed by atoms with van der Waals surface area (Å²) in [4.78, 5) is 25.5. The molecule has 0 spiro atoms. The average molecular weight is 237 g/mol. The number of rotatable bonds is 2. The van der Waals surface area contributed by atoms with Crippen molar-refractivity contribution in [2.24, 2.45) is 5.92 Å². The second-order valence-electron chi connectivity index (χ2n) is 5.55. The number of carbonyl (C=O) groups is 2. The largest absolute Gasteiger partial charge is 0.343 e. The molecule has 0 aromatic rings. The van der Waals surface area contributed by atoms with Crippen molar-refractivity contribution in [3.63, 3.8) is 0 Å². The highest BCUT2D eigenvalue weighted by Gasteiger charge is 2.30. The standard InChI is InChI=1S/C14H23NO2/c1-15(12-7-9-13(16)10-8-12)14(17)11-5-3-2-4-6-11/h11-12H,2-10H2,1H3. The molecule has 3 nitrogen and oxygen atoms in total. The van der Waals surface area contributed by atoms with Crippen LogP contribution in [0.5, 0.6) is 0 Å². The van der Waals surface area contributed by atoms with E-state index in [1.54, 1.807) is 0 Å². The van der Waals surface area contributed by atoms with Crippen LogP contribution in [0, 0.1) is 5.92 Å². The molecule has 2 aliphatic rings. The maximum absolute atomic E-state index is 12.3. The summed E-state index contributed by atoms with van der Waals surface area (Å²) < 4.78 is 0. The van der Waals surface area contributed by atoms with Crippen molar-refractivity contribution in [2.75, 3.05) is 7.05 Å². The van der Waals surface area contributed by atoms with Gasteiger partial charge in [0, 0.05) is 31.8 Å². The number of carbonyl (C=O) groups excluding carboxylic acids is 2. The van der Waals surface area contributed by atoms with Gasteiger partial charge >= 0.3 is 0 Å². The lowest BCUT2D eigenvalue weighted by molar-refractivity contribution is -0.139. The molecule has 17 heavy (non-hydrogen) atoms. The minimum atomic E-state index is 0.256. The van der Waals surface area contributed by atoms with Gasteiger partial charge < -0.3 is 4.90 Å². The Bertz CT molecular complexity index is 285. The molecule has 3 heteroatoms. The molecule has 2 saturated carbocycles. The topological polar surface area (TPSA) is 37.4 Å². The minimum Gasteiger partial charge on any atom is -0.343 e. The van der Waals surface area contributed by atoms with Crippen LogP contribution in [0.15, 0.2) is 0 Å². The van der Waals surface area contributed by atoms with Crippen molar-refractivity contribution in [2.45, 2.75) is 63.8 Å². The predicted molar refractivity (Wildman–Crippen MR) is 66.6 cm³/mol. The fraction of sp³-hybridized carbons (Fsp3) is 0.857. The third-order valence-corrected chi connectivity index (χ3v) is 4.36. The van der Waals surface area contributed by atoms with Crippen LogP contribution in [0.1, 0.15) is 57.8 Å². The molecule has 0 aliphatic heterocycles. The van der Waals surface area contributed by atoms with Crippen LogP contribution in [-0.2, 0) is 9.59 Å². The molecular weight excluding hydrogens is 214 g/mol. The van der Waals surface area contributed by atoms with Crippen molar-refractivity contribution in [1.29, 1.82) is 0 Å². The molecule has 0 bridgehead atoms. The maximum Gasteiger partial charge on any atom is 0.225 e. The van der Waals surface area contributed by atoms with Crippen molar-refractivity contribution in [3.05, 3.63) is 0 Å². The van der Waals surface area contributed by atoms with E-state index in [2.05, 4.69) is 0 Å². The molecule has 0 aromatic carbocycles. The number of Topliss-reactive ketones (excluding diaryl/α,β-unsaturated/α-hetero) is 1. The molecular formula is C14H23NO2. The maximum atomic E-state index is 12.3. The molecule has 0 heterocycles. The Morgan fingerprint density at radius 2 is 1.65 bits per heavy atom. The summed E-state index contributed by atoms with van der Waals surface area (Å²) in [6, 6.07) is 0.308. The monoisotopic (exact) mass is 237 g/mol. The number of hydrogen-bond acceptors (Lipinski definition) is 2. The lowest BCUT2D eigenvalue weighted by Crippen LogP contribution is -2.43. The lowest BCUT2D eigenvalue weighted by Gasteiger charge is -2.34. The molecule has 0 N–H and O–H groups in total. The van der Waals surface area contributed by atoms with E-state index in [0.29, 0.717) is 30.6 Å². The highest BCUT2D eigenvalue weighted by molar-refractivity contribution is 5.81. The summed E-state index contributed by atoms with van der Waals surface area (Å²) in [7, 11) is 1.93. The van der Waals surface area contributed by atoms with Gasteiger partial charge in [-0.05, 0) is 25.7 Å². The smallest absolute Gasteiger partial charge is 0.225 e. The van der Waals surface area contributed by atoms with Crippen LogP contribution in [0.3, 0.4) is 0 Å². The summed E-state index contributed by atoms with van der Waals surface area (Å²) in [5.74, 6) is 0.940. The molecule has 0 aromatic heterocycles. The third-order valence-electron chi connectivity index (χ3n) is 4.36. The van der Waals surface area contributed by atoms with E-state index < -0.39 is 0 Å². The van der Waals surface area contributed by atoms with Crippen LogP contribution < -0.4 is 0 Å². The summed E-state index contributed by atoms with van der Waals surface area (Å²) in [5.41, 5.74) is 0. The molecule has 0 unspecified atom stereocenters. The van der Waals surface area contributed by atoms with E-state index in [4.69, 9.17) is 0 Å². The zero-order valence-electron chi connectivity index (χ0n) is 10.8. The van der Waals surface area contributed by atoms with Gasteiger partial charge in [0.05, 0.1) is 0 Å². The van der Waals surface area contributed by atoms with Gasteiger partial charge in [0.15, 0.2) is 0 Å². The normalized spacial score (nSPS) is 23.7. The van der Waals surface area contributed by atoms with Gasteiger partial charge in [-0.15, -0.1) is 0 Å². The van der Waals surface area contributed by atoms with E-state index in [1.165, 1.54) is 19.3 Å². The summed E-state index contributed by atoms with van der Waals surface area (Å²) in [6.45, 7) is 0. The van der Waals surface area contributed by atoms with E-state index in [0.717, 1.165) is 25.7 Å². The summed E-state index contributed by atoms with van der Waals surface area (Å²) in [5, 5.41) is 0. The molecule has 1 amide bonds. The molecule has 0 radical (unpaired) electrons. The Balaban J connectivity index is 1.87. The second kappa shape index (κ2) is 5.65. The van der Waals surface area contributed by atoms with Gasteiger partial charge in [0.2, 0.25) is 5.91 Å². The molecule has 2 fully saturated rings. The van der Waals surface area contributed by atoms with Crippen molar-refractivity contribution < 1.29 is 9.59 Å². The Kier molecular flexibility index (Phi) is 4.19. The number of hydrogen-bond donors (Lipinski definition) is 0. The van der Waals surface area contributed by atoms with Crippen LogP contribution in [0.25, 0.3) is 0 Å². The molecule has 0 saturated heterocycles. The van der Waals surface area contributed by atoms with Gasteiger partial charge in [0.25, 0.3) is 0 Å². The van der Waals surface area contributed by atoms with Gasteiger partial charge in [-0.3, -0.25) is 9.59 Å². The molecule has 2 aliphatic carbocycles. The van der Waals surface area contributed by atoms with Crippen LogP contribution >= 0.6 is 0 Å². The van der Waals surface area contributed by atoms with Crippen molar-refractivity contribution >= 4 is 11.7 Å². The van der Waals surface area contributed by atoms with E-state index in [1.807, 2.05) is 11.9 Å².